The van der Waals surface area contributed by atoms with Gasteiger partial charge in [-0.3, -0.25) is 4.79 Å². The standard InChI is InChI=1S/C14H16N2O4/c17-8-5-12(14(19)20)16(7-8)13(18)10-6-15-11-4-2-1-3-9(10)11/h1-4,8,10,12,15,17H,5-7H2,(H,19,20)/t8-,10?,12-/m1/s1. The van der Waals surface area contributed by atoms with Crippen molar-refractivity contribution in [3.05, 3.63) is 29.8 Å². The van der Waals surface area contributed by atoms with Crippen LogP contribution in [0.3, 0.4) is 0 Å². The molecular weight excluding hydrogens is 260 g/mol. The van der Waals surface area contributed by atoms with E-state index < -0.39 is 18.1 Å². The largest absolute Gasteiger partial charge is 0.480 e. The summed E-state index contributed by atoms with van der Waals surface area (Å²) < 4.78 is 0. The molecule has 0 aliphatic carbocycles. The van der Waals surface area contributed by atoms with Crippen LogP contribution in [0.5, 0.6) is 0 Å². The van der Waals surface area contributed by atoms with Crippen LogP contribution < -0.4 is 5.32 Å². The lowest BCUT2D eigenvalue weighted by Crippen LogP contribution is -2.43. The summed E-state index contributed by atoms with van der Waals surface area (Å²) in [6, 6.07) is 6.60. The number of para-hydroxylation sites is 1. The van der Waals surface area contributed by atoms with Crippen molar-refractivity contribution in [3.63, 3.8) is 0 Å². The van der Waals surface area contributed by atoms with Crippen LogP contribution in [0.15, 0.2) is 24.3 Å². The van der Waals surface area contributed by atoms with E-state index in [-0.39, 0.29) is 24.8 Å². The zero-order chi connectivity index (χ0) is 14.3. The third kappa shape index (κ3) is 2.02. The van der Waals surface area contributed by atoms with E-state index in [1.165, 1.54) is 4.90 Å². The summed E-state index contributed by atoms with van der Waals surface area (Å²) in [7, 11) is 0. The first-order valence-corrected chi connectivity index (χ1v) is 6.62. The summed E-state index contributed by atoms with van der Waals surface area (Å²) in [6.45, 7) is 0.561. The summed E-state index contributed by atoms with van der Waals surface area (Å²) >= 11 is 0. The number of carboxylic acids is 1. The number of likely N-dealkylation sites (tertiary alicyclic amines) is 1. The minimum Gasteiger partial charge on any atom is -0.480 e. The topological polar surface area (TPSA) is 89.9 Å². The molecule has 1 unspecified atom stereocenters. The molecule has 0 bridgehead atoms. The molecule has 1 fully saturated rings. The van der Waals surface area contributed by atoms with Gasteiger partial charge in [-0.25, -0.2) is 4.79 Å². The van der Waals surface area contributed by atoms with Crippen molar-refractivity contribution in [2.45, 2.75) is 24.5 Å². The van der Waals surface area contributed by atoms with Crippen LogP contribution in [-0.2, 0) is 9.59 Å². The highest BCUT2D eigenvalue weighted by Gasteiger charge is 2.42. The number of rotatable bonds is 2. The molecule has 2 heterocycles. The van der Waals surface area contributed by atoms with Gasteiger partial charge in [0.25, 0.3) is 0 Å². The number of carbonyl (C=O) groups is 2. The minimum absolute atomic E-state index is 0.0917. The van der Waals surface area contributed by atoms with E-state index >= 15 is 0 Å². The normalized spacial score (nSPS) is 28.1. The van der Waals surface area contributed by atoms with E-state index in [0.29, 0.717) is 6.54 Å². The SMILES string of the molecule is O=C(O)[C@H]1C[C@@H](O)CN1C(=O)C1CNc2ccccc21. The molecule has 3 rings (SSSR count). The number of aliphatic carboxylic acids is 1. The molecule has 106 valence electrons. The second kappa shape index (κ2) is 4.79. The van der Waals surface area contributed by atoms with Gasteiger partial charge >= 0.3 is 5.97 Å². The van der Waals surface area contributed by atoms with Gasteiger partial charge in [0, 0.05) is 25.2 Å². The first kappa shape index (κ1) is 12.9. The molecule has 1 amide bonds. The van der Waals surface area contributed by atoms with Gasteiger partial charge in [-0.1, -0.05) is 18.2 Å². The number of aliphatic hydroxyl groups excluding tert-OH is 1. The smallest absolute Gasteiger partial charge is 0.326 e. The number of aliphatic hydroxyl groups is 1. The van der Waals surface area contributed by atoms with E-state index in [1.807, 2.05) is 24.3 Å². The van der Waals surface area contributed by atoms with Gasteiger partial charge in [0.05, 0.1) is 12.0 Å². The van der Waals surface area contributed by atoms with E-state index in [1.54, 1.807) is 0 Å². The molecule has 1 aromatic carbocycles. The molecule has 0 radical (unpaired) electrons. The Morgan fingerprint density at radius 3 is 2.80 bits per heavy atom. The second-order valence-corrected chi connectivity index (χ2v) is 5.25. The third-order valence-corrected chi connectivity index (χ3v) is 3.98. The number of nitrogens with zero attached hydrogens (tertiary/aromatic N) is 1. The van der Waals surface area contributed by atoms with Crippen molar-refractivity contribution in [2.24, 2.45) is 0 Å². The Morgan fingerprint density at radius 2 is 2.05 bits per heavy atom. The highest BCUT2D eigenvalue weighted by atomic mass is 16.4. The average Bonchev–Trinajstić information content (AvgIpc) is 3.01. The Bertz CT molecular complexity index is 560. The monoisotopic (exact) mass is 276 g/mol. The number of carboxylic acid groups (broad SMARTS) is 1. The predicted molar refractivity (Wildman–Crippen MR) is 71.4 cm³/mol. The van der Waals surface area contributed by atoms with E-state index in [2.05, 4.69) is 5.32 Å². The first-order valence-electron chi connectivity index (χ1n) is 6.62. The van der Waals surface area contributed by atoms with E-state index in [0.717, 1.165) is 11.3 Å². The molecule has 6 nitrogen and oxygen atoms in total. The van der Waals surface area contributed by atoms with Crippen molar-refractivity contribution < 1.29 is 19.8 Å². The van der Waals surface area contributed by atoms with E-state index in [9.17, 15) is 14.7 Å². The molecule has 2 aliphatic rings. The van der Waals surface area contributed by atoms with Crippen LogP contribution in [-0.4, -0.2) is 52.2 Å². The van der Waals surface area contributed by atoms with Gasteiger partial charge in [0.2, 0.25) is 5.91 Å². The number of carbonyl (C=O) groups excluding carboxylic acids is 1. The molecule has 0 spiro atoms. The molecule has 20 heavy (non-hydrogen) atoms. The molecule has 1 aromatic rings. The number of nitrogens with one attached hydrogen (secondary N) is 1. The van der Waals surface area contributed by atoms with Gasteiger partial charge in [0.15, 0.2) is 0 Å². The maximum absolute atomic E-state index is 12.6. The van der Waals surface area contributed by atoms with Crippen molar-refractivity contribution in [2.75, 3.05) is 18.4 Å². The fraction of sp³-hybridized carbons (Fsp3) is 0.429. The molecule has 0 saturated carbocycles. The van der Waals surface area contributed by atoms with Crippen LogP contribution in [0, 0.1) is 0 Å². The minimum atomic E-state index is -1.06. The lowest BCUT2D eigenvalue weighted by atomic mass is 9.99. The van der Waals surface area contributed by atoms with Gasteiger partial charge in [-0.15, -0.1) is 0 Å². The van der Waals surface area contributed by atoms with Crippen molar-refractivity contribution in [3.8, 4) is 0 Å². The van der Waals surface area contributed by atoms with Gasteiger partial charge in [-0.05, 0) is 11.6 Å². The number of β-amino-alcohol motifs (C(OH)–C–C–N with tert-alkyl or cyclic N) is 1. The lowest BCUT2D eigenvalue weighted by molar-refractivity contribution is -0.148. The number of fused-ring (bicyclic) bond motifs is 1. The van der Waals surface area contributed by atoms with Crippen LogP contribution in [0.4, 0.5) is 5.69 Å². The molecule has 6 heteroatoms. The summed E-state index contributed by atoms with van der Waals surface area (Å²) in [5, 5.41) is 22.0. The zero-order valence-corrected chi connectivity index (χ0v) is 10.8. The number of anilines is 1. The maximum Gasteiger partial charge on any atom is 0.326 e. The summed E-state index contributed by atoms with van der Waals surface area (Å²) in [5.41, 5.74) is 1.81. The van der Waals surface area contributed by atoms with Crippen LogP contribution in [0.1, 0.15) is 17.9 Å². The Morgan fingerprint density at radius 1 is 1.30 bits per heavy atom. The number of hydrogen-bond donors (Lipinski definition) is 3. The first-order chi connectivity index (χ1) is 9.58. The molecule has 0 aromatic heterocycles. The fourth-order valence-corrected chi connectivity index (χ4v) is 3.00. The Balaban J connectivity index is 1.85. The average molecular weight is 276 g/mol. The predicted octanol–water partition coefficient (Wildman–Crippen LogP) is 0.242. The summed E-state index contributed by atoms with van der Waals surface area (Å²) in [5.74, 6) is -1.67. The van der Waals surface area contributed by atoms with Crippen LogP contribution in [0.2, 0.25) is 0 Å². The molecule has 3 atom stereocenters. The molecular formula is C14H16N2O4. The second-order valence-electron chi connectivity index (χ2n) is 5.25. The van der Waals surface area contributed by atoms with Gasteiger partial charge in [0.1, 0.15) is 6.04 Å². The number of benzene rings is 1. The third-order valence-electron chi connectivity index (χ3n) is 3.98. The number of amides is 1. The highest BCUT2D eigenvalue weighted by molar-refractivity contribution is 5.91. The van der Waals surface area contributed by atoms with E-state index in [4.69, 9.17) is 5.11 Å². The van der Waals surface area contributed by atoms with Gasteiger partial charge in [-0.2, -0.15) is 0 Å². The maximum atomic E-state index is 12.6. The number of hydrogen-bond acceptors (Lipinski definition) is 4. The van der Waals surface area contributed by atoms with Crippen molar-refractivity contribution >= 4 is 17.6 Å². The quantitative estimate of drug-likeness (QED) is 0.720. The summed E-state index contributed by atoms with van der Waals surface area (Å²) in [6.07, 6.45) is -0.660. The van der Waals surface area contributed by atoms with Crippen LogP contribution >= 0.6 is 0 Å². The fourth-order valence-electron chi connectivity index (χ4n) is 3.00. The Kier molecular flexibility index (Phi) is 3.10. The lowest BCUT2D eigenvalue weighted by Gasteiger charge is -2.24. The molecule has 1 saturated heterocycles. The molecule has 2 aliphatic heterocycles. The van der Waals surface area contributed by atoms with Crippen molar-refractivity contribution in [1.82, 2.24) is 4.90 Å². The summed E-state index contributed by atoms with van der Waals surface area (Å²) in [4.78, 5) is 25.1. The van der Waals surface area contributed by atoms with Crippen molar-refractivity contribution in [1.29, 1.82) is 0 Å². The van der Waals surface area contributed by atoms with Gasteiger partial charge < -0.3 is 20.4 Å². The Hall–Kier alpha value is -2.08. The molecule has 3 N–H and O–H groups in total. The van der Waals surface area contributed by atoms with Crippen LogP contribution in [0.25, 0.3) is 0 Å². The zero-order valence-electron chi connectivity index (χ0n) is 10.8. The Labute approximate surface area is 116 Å². The highest BCUT2D eigenvalue weighted by Crippen LogP contribution is 2.34.